The van der Waals surface area contributed by atoms with Crippen molar-refractivity contribution in [2.75, 3.05) is 0 Å². The molecule has 27 heavy (non-hydrogen) atoms. The van der Waals surface area contributed by atoms with Crippen molar-refractivity contribution in [1.82, 2.24) is 14.5 Å². The van der Waals surface area contributed by atoms with Gasteiger partial charge in [-0.15, -0.1) is 17.9 Å². The lowest BCUT2D eigenvalue weighted by molar-refractivity contribution is 0.618. The van der Waals surface area contributed by atoms with Gasteiger partial charge in [-0.3, -0.25) is 9.36 Å². The van der Waals surface area contributed by atoms with Crippen molar-refractivity contribution >= 4 is 45.2 Å². The standard InChI is InChI=1S/C20H19N3O2S2/c1-4-9-23-19(24)17-16(14-7-5-6-8-15(14)25-17)22-20(23)27-11-13-10-26-18(21-13)12(2)3/h4-8,10,12H,1,9,11H2,2-3H3. The van der Waals surface area contributed by atoms with E-state index in [-0.39, 0.29) is 11.1 Å². The number of fused-ring (bicyclic) bond motifs is 3. The number of aromatic nitrogens is 3. The van der Waals surface area contributed by atoms with E-state index < -0.39 is 0 Å². The second-order valence-electron chi connectivity index (χ2n) is 6.50. The second kappa shape index (κ2) is 7.32. The summed E-state index contributed by atoms with van der Waals surface area (Å²) in [5.74, 6) is 1.08. The Bertz CT molecular complexity index is 1190. The van der Waals surface area contributed by atoms with E-state index in [1.165, 1.54) is 11.8 Å². The monoisotopic (exact) mass is 397 g/mol. The average Bonchev–Trinajstić information content (AvgIpc) is 3.28. The van der Waals surface area contributed by atoms with Gasteiger partial charge >= 0.3 is 0 Å². The zero-order valence-electron chi connectivity index (χ0n) is 15.1. The van der Waals surface area contributed by atoms with E-state index in [2.05, 4.69) is 30.8 Å². The molecule has 5 nitrogen and oxygen atoms in total. The Morgan fingerprint density at radius 3 is 2.89 bits per heavy atom. The van der Waals surface area contributed by atoms with Gasteiger partial charge in [-0.2, -0.15) is 0 Å². The number of hydrogen-bond acceptors (Lipinski definition) is 6. The molecule has 0 fully saturated rings. The predicted molar refractivity (Wildman–Crippen MR) is 112 cm³/mol. The number of allylic oxidation sites excluding steroid dienone is 1. The molecule has 7 heteroatoms. The van der Waals surface area contributed by atoms with Gasteiger partial charge in [-0.1, -0.05) is 43.8 Å². The van der Waals surface area contributed by atoms with Crippen LogP contribution in [0.25, 0.3) is 22.1 Å². The summed E-state index contributed by atoms with van der Waals surface area (Å²) in [7, 11) is 0. The van der Waals surface area contributed by atoms with Crippen molar-refractivity contribution < 1.29 is 4.42 Å². The van der Waals surface area contributed by atoms with E-state index in [0.717, 1.165) is 16.1 Å². The van der Waals surface area contributed by atoms with Gasteiger partial charge in [0.05, 0.1) is 10.7 Å². The molecule has 0 saturated carbocycles. The first-order valence-electron chi connectivity index (χ1n) is 8.68. The SMILES string of the molecule is C=CCn1c(SCc2csc(C(C)C)n2)nc2c(oc3ccccc32)c1=O. The van der Waals surface area contributed by atoms with Crippen LogP contribution in [0.15, 0.2) is 56.7 Å². The lowest BCUT2D eigenvalue weighted by atomic mass is 10.2. The summed E-state index contributed by atoms with van der Waals surface area (Å²) in [6.07, 6.45) is 1.70. The van der Waals surface area contributed by atoms with Gasteiger partial charge in [-0.25, -0.2) is 9.97 Å². The summed E-state index contributed by atoms with van der Waals surface area (Å²) < 4.78 is 7.38. The number of hydrogen-bond donors (Lipinski definition) is 0. The lowest BCUT2D eigenvalue weighted by Crippen LogP contribution is -2.22. The molecular weight excluding hydrogens is 378 g/mol. The molecule has 0 atom stereocenters. The lowest BCUT2D eigenvalue weighted by Gasteiger charge is -2.09. The Kier molecular flexibility index (Phi) is 4.88. The summed E-state index contributed by atoms with van der Waals surface area (Å²) in [6, 6.07) is 7.58. The highest BCUT2D eigenvalue weighted by Gasteiger charge is 2.17. The van der Waals surface area contributed by atoms with Crippen molar-refractivity contribution in [3.63, 3.8) is 0 Å². The van der Waals surface area contributed by atoms with E-state index >= 15 is 0 Å². The Morgan fingerprint density at radius 1 is 1.33 bits per heavy atom. The summed E-state index contributed by atoms with van der Waals surface area (Å²) in [5, 5.41) is 4.70. The zero-order valence-corrected chi connectivity index (χ0v) is 16.8. The van der Waals surface area contributed by atoms with Crippen LogP contribution >= 0.6 is 23.1 Å². The van der Waals surface area contributed by atoms with Crippen molar-refractivity contribution in [3.8, 4) is 0 Å². The maximum absolute atomic E-state index is 13.0. The average molecular weight is 398 g/mol. The molecule has 0 aliphatic carbocycles. The fourth-order valence-corrected chi connectivity index (χ4v) is 4.68. The van der Waals surface area contributed by atoms with Gasteiger partial charge in [0.15, 0.2) is 5.16 Å². The highest BCUT2D eigenvalue weighted by molar-refractivity contribution is 7.98. The molecule has 0 radical (unpaired) electrons. The fourth-order valence-electron chi connectivity index (χ4n) is 2.85. The van der Waals surface area contributed by atoms with Gasteiger partial charge < -0.3 is 4.42 Å². The van der Waals surface area contributed by atoms with Crippen LogP contribution in [0, 0.1) is 0 Å². The number of rotatable bonds is 6. The highest BCUT2D eigenvalue weighted by atomic mass is 32.2. The van der Waals surface area contributed by atoms with E-state index in [1.807, 2.05) is 24.3 Å². The molecule has 0 saturated heterocycles. The Labute approximate surface area is 164 Å². The first-order valence-corrected chi connectivity index (χ1v) is 10.5. The van der Waals surface area contributed by atoms with Crippen molar-refractivity contribution in [1.29, 1.82) is 0 Å². The van der Waals surface area contributed by atoms with Gasteiger partial charge in [0, 0.05) is 29.0 Å². The van der Waals surface area contributed by atoms with Gasteiger partial charge in [0.1, 0.15) is 11.1 Å². The topological polar surface area (TPSA) is 60.9 Å². The number of benzene rings is 1. The molecule has 0 spiro atoms. The van der Waals surface area contributed by atoms with Crippen LogP contribution in [0.4, 0.5) is 0 Å². The van der Waals surface area contributed by atoms with Gasteiger partial charge in [0.2, 0.25) is 5.58 Å². The summed E-state index contributed by atoms with van der Waals surface area (Å²) >= 11 is 3.18. The Morgan fingerprint density at radius 2 is 2.15 bits per heavy atom. The molecular formula is C20H19N3O2S2. The van der Waals surface area contributed by atoms with E-state index in [9.17, 15) is 4.79 Å². The molecule has 4 aromatic rings. The first kappa shape index (κ1) is 18.0. The molecule has 0 aliphatic heterocycles. The first-order chi connectivity index (χ1) is 13.1. The minimum atomic E-state index is -0.181. The molecule has 0 N–H and O–H groups in total. The number of nitrogens with zero attached hydrogens (tertiary/aromatic N) is 3. The quantitative estimate of drug-likeness (QED) is 0.254. The molecule has 0 amide bonds. The number of para-hydroxylation sites is 1. The van der Waals surface area contributed by atoms with Gasteiger partial charge in [-0.05, 0) is 12.1 Å². The Balaban J connectivity index is 1.77. The van der Waals surface area contributed by atoms with Crippen LogP contribution in [0.2, 0.25) is 0 Å². The van der Waals surface area contributed by atoms with Crippen LogP contribution in [0.1, 0.15) is 30.5 Å². The van der Waals surface area contributed by atoms with Crippen LogP contribution in [-0.2, 0) is 12.3 Å². The van der Waals surface area contributed by atoms with Crippen molar-refractivity contribution in [3.05, 3.63) is 63.4 Å². The maximum atomic E-state index is 13.0. The minimum absolute atomic E-state index is 0.181. The summed E-state index contributed by atoms with van der Waals surface area (Å²) in [6.45, 7) is 8.42. The third-order valence-electron chi connectivity index (χ3n) is 4.17. The van der Waals surface area contributed by atoms with Crippen LogP contribution in [-0.4, -0.2) is 14.5 Å². The minimum Gasteiger partial charge on any atom is -0.448 e. The molecule has 3 aromatic heterocycles. The molecule has 138 valence electrons. The van der Waals surface area contributed by atoms with Crippen LogP contribution < -0.4 is 5.56 Å². The fraction of sp³-hybridized carbons (Fsp3) is 0.250. The van der Waals surface area contributed by atoms with Crippen LogP contribution in [0.5, 0.6) is 0 Å². The third-order valence-corrected chi connectivity index (χ3v) is 6.38. The maximum Gasteiger partial charge on any atom is 0.298 e. The highest BCUT2D eigenvalue weighted by Crippen LogP contribution is 2.29. The molecule has 0 unspecified atom stereocenters. The largest absolute Gasteiger partial charge is 0.448 e. The van der Waals surface area contributed by atoms with E-state index in [0.29, 0.717) is 34.5 Å². The Hall–Kier alpha value is -2.38. The smallest absolute Gasteiger partial charge is 0.298 e. The molecule has 3 heterocycles. The molecule has 0 bridgehead atoms. The van der Waals surface area contributed by atoms with Crippen LogP contribution in [0.3, 0.4) is 0 Å². The van der Waals surface area contributed by atoms with E-state index in [4.69, 9.17) is 9.40 Å². The number of furan rings is 1. The normalized spacial score (nSPS) is 11.7. The summed E-state index contributed by atoms with van der Waals surface area (Å²) in [5.41, 5.74) is 2.40. The number of thiazole rings is 1. The predicted octanol–water partition coefficient (Wildman–Crippen LogP) is 5.20. The van der Waals surface area contributed by atoms with Gasteiger partial charge in [0.25, 0.3) is 5.56 Å². The third kappa shape index (κ3) is 3.33. The van der Waals surface area contributed by atoms with E-state index in [1.54, 1.807) is 22.0 Å². The molecule has 4 rings (SSSR count). The van der Waals surface area contributed by atoms with Crippen molar-refractivity contribution in [2.24, 2.45) is 0 Å². The molecule has 1 aromatic carbocycles. The van der Waals surface area contributed by atoms with Crippen molar-refractivity contribution in [2.45, 2.75) is 37.2 Å². The second-order valence-corrected chi connectivity index (χ2v) is 8.33. The molecule has 0 aliphatic rings. The number of thioether (sulfide) groups is 1. The summed E-state index contributed by atoms with van der Waals surface area (Å²) in [4.78, 5) is 22.4. The zero-order chi connectivity index (χ0) is 19.0.